The predicted octanol–water partition coefficient (Wildman–Crippen LogP) is 1.65. The highest BCUT2D eigenvalue weighted by Gasteiger charge is 2.18. The van der Waals surface area contributed by atoms with Gasteiger partial charge in [-0.3, -0.25) is 4.21 Å². The molecule has 1 fully saturated rings. The third kappa shape index (κ3) is 3.05. The van der Waals surface area contributed by atoms with Gasteiger partial charge in [0.2, 0.25) is 0 Å². The normalized spacial score (nSPS) is 17.1. The van der Waals surface area contributed by atoms with E-state index >= 15 is 0 Å². The zero-order chi connectivity index (χ0) is 12.4. The van der Waals surface area contributed by atoms with Crippen LogP contribution in [0, 0.1) is 0 Å². The first-order chi connectivity index (χ1) is 8.08. The van der Waals surface area contributed by atoms with Crippen molar-refractivity contribution in [2.24, 2.45) is 5.73 Å². The summed E-state index contributed by atoms with van der Waals surface area (Å²) < 4.78 is 12.3. The number of halogens is 1. The minimum absolute atomic E-state index is 0.396. The van der Waals surface area contributed by atoms with Gasteiger partial charge in [-0.05, 0) is 18.2 Å². The molecule has 92 valence electrons. The van der Waals surface area contributed by atoms with Gasteiger partial charge < -0.3 is 10.6 Å². The lowest BCUT2D eigenvalue weighted by atomic mass is 10.1. The molecule has 0 aromatic heterocycles. The summed E-state index contributed by atoms with van der Waals surface area (Å²) in [5.74, 6) is 1.43. The quantitative estimate of drug-likeness (QED) is 0.836. The maximum Gasteiger partial charge on any atom is 0.106 e. The molecule has 1 aromatic rings. The molecule has 1 aliphatic rings. The first-order valence-corrected chi connectivity index (χ1v) is 7.96. The summed E-state index contributed by atoms with van der Waals surface area (Å²) in [6, 6.07) is 5.92. The molecule has 6 heteroatoms. The van der Waals surface area contributed by atoms with Gasteiger partial charge >= 0.3 is 0 Å². The van der Waals surface area contributed by atoms with Gasteiger partial charge in [0.1, 0.15) is 4.99 Å². The Labute approximate surface area is 117 Å². The van der Waals surface area contributed by atoms with E-state index in [1.54, 1.807) is 0 Å². The first kappa shape index (κ1) is 13.0. The molecule has 0 bridgehead atoms. The molecule has 0 radical (unpaired) electrons. The number of benzene rings is 1. The largest absolute Gasteiger partial charge is 0.389 e. The third-order valence-electron chi connectivity index (χ3n) is 2.74. The van der Waals surface area contributed by atoms with E-state index in [2.05, 4.69) is 20.8 Å². The summed E-state index contributed by atoms with van der Waals surface area (Å²) in [5, 5.41) is 0. The van der Waals surface area contributed by atoms with Crippen molar-refractivity contribution in [1.82, 2.24) is 0 Å². The molecule has 1 aliphatic heterocycles. The first-order valence-electron chi connectivity index (χ1n) is 5.27. The lowest BCUT2D eigenvalue weighted by molar-refractivity contribution is 0.673. The van der Waals surface area contributed by atoms with Gasteiger partial charge in [-0.1, -0.05) is 28.1 Å². The van der Waals surface area contributed by atoms with Crippen LogP contribution in [0.3, 0.4) is 0 Å². The molecule has 1 saturated heterocycles. The van der Waals surface area contributed by atoms with Crippen LogP contribution in [0.2, 0.25) is 0 Å². The molecule has 0 amide bonds. The van der Waals surface area contributed by atoms with Gasteiger partial charge in [0.15, 0.2) is 0 Å². The monoisotopic (exact) mass is 332 g/mol. The van der Waals surface area contributed by atoms with E-state index in [1.807, 2.05) is 18.2 Å². The standard InChI is InChI=1S/C11H13BrN2OS2/c12-8-1-2-10(9(7-8)11(13)16)14-3-5-17(15)6-4-14/h1-2,7H,3-6H2,(H2,13,16). The Morgan fingerprint density at radius 2 is 2.06 bits per heavy atom. The van der Waals surface area contributed by atoms with Crippen LogP contribution in [0.5, 0.6) is 0 Å². The molecule has 1 aromatic carbocycles. The van der Waals surface area contributed by atoms with E-state index in [1.165, 1.54) is 0 Å². The van der Waals surface area contributed by atoms with Gasteiger partial charge in [-0.15, -0.1) is 0 Å². The second-order valence-electron chi connectivity index (χ2n) is 3.86. The Morgan fingerprint density at radius 1 is 1.41 bits per heavy atom. The van der Waals surface area contributed by atoms with Crippen molar-refractivity contribution < 1.29 is 4.21 Å². The van der Waals surface area contributed by atoms with E-state index in [4.69, 9.17) is 18.0 Å². The van der Waals surface area contributed by atoms with Gasteiger partial charge in [0.25, 0.3) is 0 Å². The van der Waals surface area contributed by atoms with Crippen LogP contribution in [-0.2, 0) is 10.8 Å². The SMILES string of the molecule is NC(=S)c1cc(Br)ccc1N1CCS(=O)CC1. The zero-order valence-corrected chi connectivity index (χ0v) is 12.4. The maximum absolute atomic E-state index is 11.3. The molecule has 0 spiro atoms. The van der Waals surface area contributed by atoms with Crippen molar-refractivity contribution in [3.8, 4) is 0 Å². The van der Waals surface area contributed by atoms with Crippen LogP contribution in [0.15, 0.2) is 22.7 Å². The highest BCUT2D eigenvalue weighted by atomic mass is 79.9. The fourth-order valence-electron chi connectivity index (χ4n) is 1.86. The topological polar surface area (TPSA) is 46.3 Å². The molecule has 2 rings (SSSR count). The fourth-order valence-corrected chi connectivity index (χ4v) is 3.44. The number of hydrogen-bond donors (Lipinski definition) is 1. The molecule has 0 unspecified atom stereocenters. The molecular formula is C11H13BrN2OS2. The minimum Gasteiger partial charge on any atom is -0.389 e. The van der Waals surface area contributed by atoms with E-state index in [9.17, 15) is 4.21 Å². The Balaban J connectivity index is 2.31. The average Bonchev–Trinajstić information content (AvgIpc) is 2.30. The Hall–Kier alpha value is -0.460. The minimum atomic E-state index is -0.671. The van der Waals surface area contributed by atoms with Gasteiger partial charge in [0, 0.05) is 51.1 Å². The van der Waals surface area contributed by atoms with Crippen LogP contribution in [0.4, 0.5) is 5.69 Å². The van der Waals surface area contributed by atoms with Crippen LogP contribution in [0.1, 0.15) is 5.56 Å². The summed E-state index contributed by atoms with van der Waals surface area (Å²) in [6.45, 7) is 1.59. The molecule has 3 nitrogen and oxygen atoms in total. The van der Waals surface area contributed by atoms with E-state index in [0.29, 0.717) is 16.5 Å². The summed E-state index contributed by atoms with van der Waals surface area (Å²) in [6.07, 6.45) is 0. The van der Waals surface area contributed by atoms with Crippen LogP contribution in [0.25, 0.3) is 0 Å². The summed E-state index contributed by atoms with van der Waals surface area (Å²) in [7, 11) is -0.671. The van der Waals surface area contributed by atoms with Crippen LogP contribution in [-0.4, -0.2) is 33.8 Å². The Kier molecular flexibility index (Phi) is 4.17. The summed E-state index contributed by atoms with van der Waals surface area (Å²) in [5.41, 5.74) is 7.66. The zero-order valence-electron chi connectivity index (χ0n) is 9.19. The lowest BCUT2D eigenvalue weighted by Crippen LogP contribution is -2.38. The van der Waals surface area contributed by atoms with Crippen molar-refractivity contribution in [3.63, 3.8) is 0 Å². The summed E-state index contributed by atoms with van der Waals surface area (Å²) >= 11 is 8.49. The average molecular weight is 333 g/mol. The van der Waals surface area contributed by atoms with Gasteiger partial charge in [-0.2, -0.15) is 0 Å². The highest BCUT2D eigenvalue weighted by molar-refractivity contribution is 9.10. The second kappa shape index (κ2) is 5.46. The molecule has 1 heterocycles. The van der Waals surface area contributed by atoms with E-state index in [0.717, 1.165) is 28.8 Å². The summed E-state index contributed by atoms with van der Waals surface area (Å²) in [4.78, 5) is 2.59. The number of rotatable bonds is 2. The third-order valence-corrected chi connectivity index (χ3v) is 4.73. The molecule has 0 saturated carbocycles. The Morgan fingerprint density at radius 3 is 2.65 bits per heavy atom. The van der Waals surface area contributed by atoms with E-state index in [-0.39, 0.29) is 0 Å². The Bertz CT molecular complexity index is 469. The van der Waals surface area contributed by atoms with Gasteiger partial charge in [-0.25, -0.2) is 0 Å². The van der Waals surface area contributed by atoms with Crippen molar-refractivity contribution in [2.45, 2.75) is 0 Å². The number of anilines is 1. The molecule has 0 atom stereocenters. The number of hydrogen-bond acceptors (Lipinski definition) is 3. The molecule has 17 heavy (non-hydrogen) atoms. The molecule has 0 aliphatic carbocycles. The predicted molar refractivity (Wildman–Crippen MR) is 80.1 cm³/mol. The molecule has 2 N–H and O–H groups in total. The van der Waals surface area contributed by atoms with Crippen LogP contribution >= 0.6 is 28.1 Å². The van der Waals surface area contributed by atoms with Crippen molar-refractivity contribution in [1.29, 1.82) is 0 Å². The molecular weight excluding hydrogens is 320 g/mol. The van der Waals surface area contributed by atoms with Crippen molar-refractivity contribution in [3.05, 3.63) is 28.2 Å². The van der Waals surface area contributed by atoms with Crippen LogP contribution < -0.4 is 10.6 Å². The van der Waals surface area contributed by atoms with Crippen molar-refractivity contribution >= 4 is 49.6 Å². The van der Waals surface area contributed by atoms with E-state index < -0.39 is 10.8 Å². The van der Waals surface area contributed by atoms with Crippen molar-refractivity contribution in [2.75, 3.05) is 29.5 Å². The smallest absolute Gasteiger partial charge is 0.106 e. The number of thiocarbonyl (C=S) groups is 1. The number of nitrogens with zero attached hydrogens (tertiary/aromatic N) is 1. The fraction of sp³-hybridized carbons (Fsp3) is 0.364. The highest BCUT2D eigenvalue weighted by Crippen LogP contribution is 2.25. The van der Waals surface area contributed by atoms with Gasteiger partial charge in [0.05, 0.1) is 0 Å². The lowest BCUT2D eigenvalue weighted by Gasteiger charge is -2.30. The maximum atomic E-state index is 11.3. The second-order valence-corrected chi connectivity index (χ2v) is 6.91. The number of nitrogens with two attached hydrogens (primary N) is 1.